The second-order valence-corrected chi connectivity index (χ2v) is 8.13. The van der Waals surface area contributed by atoms with E-state index in [1.165, 1.54) is 24.0 Å². The molecule has 0 radical (unpaired) electrons. The lowest BCUT2D eigenvalue weighted by molar-refractivity contribution is 0.520. The highest BCUT2D eigenvalue weighted by Gasteiger charge is 2.16. The van der Waals surface area contributed by atoms with Gasteiger partial charge in [-0.2, -0.15) is 0 Å². The monoisotopic (exact) mass is 382 g/mol. The van der Waals surface area contributed by atoms with Gasteiger partial charge in [-0.1, -0.05) is 46.3 Å². The van der Waals surface area contributed by atoms with Gasteiger partial charge in [-0.3, -0.25) is 0 Å². The van der Waals surface area contributed by atoms with Crippen LogP contribution >= 0.6 is 15.9 Å². The van der Waals surface area contributed by atoms with Gasteiger partial charge in [-0.05, 0) is 29.3 Å². The van der Waals surface area contributed by atoms with Gasteiger partial charge in [-0.25, -0.2) is 12.7 Å². The maximum Gasteiger partial charge on any atom is 0.242 e. The fraction of sp³-hybridized carbons (Fsp3) is 0.250. The molecule has 118 valence electrons. The first-order chi connectivity index (χ1) is 10.4. The van der Waals surface area contributed by atoms with E-state index in [0.717, 1.165) is 16.6 Å². The van der Waals surface area contributed by atoms with Crippen molar-refractivity contribution in [1.29, 1.82) is 0 Å². The van der Waals surface area contributed by atoms with E-state index in [4.69, 9.17) is 0 Å². The first-order valence-electron chi connectivity index (χ1n) is 6.87. The normalized spacial score (nSPS) is 11.8. The molecule has 0 aliphatic carbocycles. The average Bonchev–Trinajstić information content (AvgIpc) is 2.49. The highest BCUT2D eigenvalue weighted by atomic mass is 79.9. The second-order valence-electron chi connectivity index (χ2n) is 5.13. The molecule has 0 amide bonds. The minimum Gasteiger partial charge on any atom is -0.309 e. The van der Waals surface area contributed by atoms with Crippen molar-refractivity contribution in [3.05, 3.63) is 64.1 Å². The van der Waals surface area contributed by atoms with Crippen LogP contribution in [0.15, 0.2) is 57.9 Å². The average molecular weight is 383 g/mol. The van der Waals surface area contributed by atoms with Crippen molar-refractivity contribution < 1.29 is 8.42 Å². The molecular weight excluding hydrogens is 364 g/mol. The molecule has 0 saturated heterocycles. The first kappa shape index (κ1) is 17.1. The Bertz CT molecular complexity index is 728. The Morgan fingerprint density at radius 1 is 1.00 bits per heavy atom. The lowest BCUT2D eigenvalue weighted by Gasteiger charge is -2.12. The van der Waals surface area contributed by atoms with Gasteiger partial charge in [0.15, 0.2) is 0 Å². The highest BCUT2D eigenvalue weighted by molar-refractivity contribution is 9.10. The summed E-state index contributed by atoms with van der Waals surface area (Å²) in [7, 11) is -0.295. The fourth-order valence-electron chi connectivity index (χ4n) is 1.97. The van der Waals surface area contributed by atoms with Crippen LogP contribution < -0.4 is 5.32 Å². The molecule has 0 spiro atoms. The van der Waals surface area contributed by atoms with Crippen molar-refractivity contribution in [3.63, 3.8) is 0 Å². The Hall–Kier alpha value is -1.21. The van der Waals surface area contributed by atoms with Gasteiger partial charge in [-0.15, -0.1) is 0 Å². The molecule has 22 heavy (non-hydrogen) atoms. The van der Waals surface area contributed by atoms with Crippen molar-refractivity contribution in [2.75, 3.05) is 14.1 Å². The number of hydrogen-bond donors (Lipinski definition) is 1. The van der Waals surface area contributed by atoms with Gasteiger partial charge in [0.2, 0.25) is 10.0 Å². The Morgan fingerprint density at radius 2 is 1.64 bits per heavy atom. The van der Waals surface area contributed by atoms with Gasteiger partial charge >= 0.3 is 0 Å². The van der Waals surface area contributed by atoms with E-state index >= 15 is 0 Å². The van der Waals surface area contributed by atoms with Gasteiger partial charge in [0, 0.05) is 31.7 Å². The summed E-state index contributed by atoms with van der Waals surface area (Å²) >= 11 is 3.52. The molecule has 0 unspecified atom stereocenters. The van der Waals surface area contributed by atoms with Crippen LogP contribution in [-0.2, 0) is 23.1 Å². The molecule has 0 atom stereocenters. The first-order valence-corrected chi connectivity index (χ1v) is 9.10. The molecule has 0 aliphatic heterocycles. The summed E-state index contributed by atoms with van der Waals surface area (Å²) in [6.07, 6.45) is 0. The zero-order chi connectivity index (χ0) is 16.2. The van der Waals surface area contributed by atoms with E-state index in [1.54, 1.807) is 12.1 Å². The number of benzene rings is 2. The number of nitrogens with one attached hydrogen (secondary N) is 1. The van der Waals surface area contributed by atoms with Gasteiger partial charge < -0.3 is 5.32 Å². The number of halogens is 1. The third kappa shape index (κ3) is 4.16. The lowest BCUT2D eigenvalue weighted by Crippen LogP contribution is -2.22. The van der Waals surface area contributed by atoms with Crippen LogP contribution in [-0.4, -0.2) is 26.8 Å². The molecule has 0 aliphatic rings. The van der Waals surface area contributed by atoms with E-state index in [2.05, 4.69) is 27.3 Å². The van der Waals surface area contributed by atoms with Crippen LogP contribution in [0.4, 0.5) is 0 Å². The Morgan fingerprint density at radius 3 is 2.23 bits per heavy atom. The van der Waals surface area contributed by atoms with Crippen LogP contribution in [0.3, 0.4) is 0 Å². The van der Waals surface area contributed by atoms with Crippen molar-refractivity contribution in [1.82, 2.24) is 9.62 Å². The summed E-state index contributed by atoms with van der Waals surface area (Å²) in [5, 5.41) is 3.35. The summed E-state index contributed by atoms with van der Waals surface area (Å²) in [4.78, 5) is 0.312. The molecule has 0 saturated carbocycles. The fourth-order valence-corrected chi connectivity index (χ4v) is 3.30. The second kappa shape index (κ2) is 7.37. The summed E-state index contributed by atoms with van der Waals surface area (Å²) < 4.78 is 26.3. The Kier molecular flexibility index (Phi) is 5.74. The van der Waals surface area contributed by atoms with Crippen LogP contribution in [0.2, 0.25) is 0 Å². The minimum atomic E-state index is -3.36. The molecule has 2 aromatic carbocycles. The third-order valence-corrected chi connectivity index (χ3v) is 5.91. The summed E-state index contributed by atoms with van der Waals surface area (Å²) in [6.45, 7) is 1.43. The maximum atomic E-state index is 12.0. The molecule has 4 nitrogen and oxygen atoms in total. The minimum absolute atomic E-state index is 0.312. The van der Waals surface area contributed by atoms with E-state index < -0.39 is 10.0 Å². The number of hydrogen-bond acceptors (Lipinski definition) is 3. The van der Waals surface area contributed by atoms with Crippen molar-refractivity contribution in [2.45, 2.75) is 18.0 Å². The van der Waals surface area contributed by atoms with E-state index in [1.807, 2.05) is 30.3 Å². The molecule has 6 heteroatoms. The van der Waals surface area contributed by atoms with Crippen molar-refractivity contribution in [2.24, 2.45) is 0 Å². The quantitative estimate of drug-likeness (QED) is 0.835. The molecule has 1 N–H and O–H groups in total. The van der Waals surface area contributed by atoms with E-state index in [9.17, 15) is 8.42 Å². The molecule has 0 fully saturated rings. The predicted octanol–water partition coefficient (Wildman–Crippen LogP) is 2.99. The van der Waals surface area contributed by atoms with Gasteiger partial charge in [0.05, 0.1) is 4.90 Å². The Labute approximate surface area is 140 Å². The smallest absolute Gasteiger partial charge is 0.242 e. The third-order valence-electron chi connectivity index (χ3n) is 3.30. The SMILES string of the molecule is CN(C)S(=O)(=O)c1ccc(CNCc2ccccc2Br)cc1. The van der Waals surface area contributed by atoms with Crippen LogP contribution in [0.25, 0.3) is 0 Å². The zero-order valence-corrected chi connectivity index (χ0v) is 15.0. The largest absolute Gasteiger partial charge is 0.309 e. The van der Waals surface area contributed by atoms with Crippen LogP contribution in [0, 0.1) is 0 Å². The molecule has 0 bridgehead atoms. The Balaban J connectivity index is 1.97. The maximum absolute atomic E-state index is 12.0. The van der Waals surface area contributed by atoms with Gasteiger partial charge in [0.1, 0.15) is 0 Å². The predicted molar refractivity (Wildman–Crippen MR) is 92.0 cm³/mol. The number of rotatable bonds is 6. The molecule has 2 rings (SSSR count). The van der Waals surface area contributed by atoms with Crippen molar-refractivity contribution in [3.8, 4) is 0 Å². The zero-order valence-electron chi connectivity index (χ0n) is 12.6. The molecular formula is C16H19BrN2O2S. The standard InChI is InChI=1S/C16H19BrN2O2S/c1-19(2)22(20,21)15-9-7-13(8-10-15)11-18-12-14-5-3-4-6-16(14)17/h3-10,18H,11-12H2,1-2H3. The van der Waals surface area contributed by atoms with Crippen LogP contribution in [0.1, 0.15) is 11.1 Å². The van der Waals surface area contributed by atoms with Gasteiger partial charge in [0.25, 0.3) is 0 Å². The molecule has 0 heterocycles. The molecule has 0 aromatic heterocycles. The number of sulfonamides is 1. The summed E-state index contributed by atoms with van der Waals surface area (Å²) in [6, 6.07) is 15.0. The lowest BCUT2D eigenvalue weighted by atomic mass is 10.2. The summed E-state index contributed by atoms with van der Waals surface area (Å²) in [5.74, 6) is 0. The molecule has 2 aromatic rings. The van der Waals surface area contributed by atoms with E-state index in [0.29, 0.717) is 11.4 Å². The van der Waals surface area contributed by atoms with Crippen molar-refractivity contribution >= 4 is 26.0 Å². The number of nitrogens with zero attached hydrogens (tertiary/aromatic N) is 1. The van der Waals surface area contributed by atoms with E-state index in [-0.39, 0.29) is 0 Å². The summed E-state index contributed by atoms with van der Waals surface area (Å²) in [5.41, 5.74) is 2.24. The topological polar surface area (TPSA) is 49.4 Å². The highest BCUT2D eigenvalue weighted by Crippen LogP contribution is 2.16. The van der Waals surface area contributed by atoms with Crippen LogP contribution in [0.5, 0.6) is 0 Å².